The van der Waals surface area contributed by atoms with Gasteiger partial charge in [-0.25, -0.2) is 5.10 Å². The van der Waals surface area contributed by atoms with Gasteiger partial charge in [0.15, 0.2) is 6.29 Å². The van der Waals surface area contributed by atoms with E-state index >= 15 is 0 Å². The van der Waals surface area contributed by atoms with Crippen LogP contribution in [0.15, 0.2) is 18.5 Å². The van der Waals surface area contributed by atoms with Crippen LogP contribution < -0.4 is 0 Å². The fraction of sp³-hybridized carbons (Fsp3) is 0. The van der Waals surface area contributed by atoms with Gasteiger partial charge in [-0.15, -0.1) is 6.20 Å². The van der Waals surface area contributed by atoms with Crippen molar-refractivity contribution >= 4 is 11.9 Å². The number of carbonyl (C=O) groups is 1. The number of rotatable bonds is 1. The zero-order chi connectivity index (χ0) is 7.68. The Bertz CT molecular complexity index is 403. The van der Waals surface area contributed by atoms with E-state index in [1.807, 2.05) is 0 Å². The Morgan fingerprint density at radius 3 is 3.00 bits per heavy atom. The molecule has 0 saturated heterocycles. The molecule has 0 aliphatic carbocycles. The summed E-state index contributed by atoms with van der Waals surface area (Å²) in [6.07, 6.45) is 3.88. The number of nitrogens with zero attached hydrogens (tertiary/aromatic N) is 3. The Morgan fingerprint density at radius 1 is 1.54 bits per heavy atom. The quantitative estimate of drug-likeness (QED) is 0.439. The molecule has 0 N–H and O–H groups in total. The van der Waals surface area contributed by atoms with Gasteiger partial charge in [0, 0.05) is 53.2 Å². The van der Waals surface area contributed by atoms with E-state index < -0.39 is 0 Å². The molecule has 2 radical (unpaired) electrons. The van der Waals surface area contributed by atoms with Gasteiger partial charge in [0.1, 0.15) is 5.69 Å². The van der Waals surface area contributed by atoms with E-state index in [1.165, 1.54) is 6.20 Å². The van der Waals surface area contributed by atoms with Gasteiger partial charge in [-0.3, -0.25) is 14.3 Å². The molecule has 0 aliphatic heterocycles. The fourth-order valence-electron chi connectivity index (χ4n) is 0.834. The molecule has 2 aromatic rings. The Kier molecular flexibility index (Phi) is 5.41. The molecule has 2 aromatic heterocycles. The average molecular weight is 478 g/mol. The maximum atomic E-state index is 10.3. The standard InChI is InChI=1S/C7H4N3O.Am.Y/c11-5-6-2-4-10-7(9-6)1-3-8-10;;/h2-5H;;/q-1;;. The Labute approximate surface area is 108 Å². The molecular formula is C7H4AmN3OY-. The van der Waals surface area contributed by atoms with Gasteiger partial charge in [0.05, 0.1) is 0 Å². The summed E-state index contributed by atoms with van der Waals surface area (Å²) in [5.41, 5.74) is 0.962. The van der Waals surface area contributed by atoms with Crippen molar-refractivity contribution in [2.45, 2.75) is 0 Å². The van der Waals surface area contributed by atoms with Crippen molar-refractivity contribution in [1.29, 1.82) is 0 Å². The first-order valence-electron chi connectivity index (χ1n) is 3.07. The molecule has 0 aromatic carbocycles. The number of hydrogen-bond acceptors (Lipinski definition) is 3. The SMILES string of the molecule is O=Cc1ccn2nc[c-]c2n1.[Am].[Y]. The maximum Gasteiger partial charge on any atom is 0.168 e. The monoisotopic (exact) mass is 476 g/mol. The molecule has 0 spiro atoms. The Balaban J connectivity index is 0.000000720. The van der Waals surface area contributed by atoms with Crippen LogP contribution in [0.25, 0.3) is 5.65 Å². The largest absolute Gasteiger partial charge is 0.404 e. The summed E-state index contributed by atoms with van der Waals surface area (Å²) in [6, 6.07) is 4.37. The third kappa shape index (κ3) is 2.61. The van der Waals surface area contributed by atoms with E-state index in [9.17, 15) is 4.79 Å². The van der Waals surface area contributed by atoms with E-state index in [2.05, 4.69) is 16.1 Å². The van der Waals surface area contributed by atoms with Crippen LogP contribution >= 0.6 is 0 Å². The first-order chi connectivity index (χ1) is 5.40. The molecule has 0 bridgehead atoms. The zero-order valence-electron chi connectivity index (χ0n) is 6.51. The van der Waals surface area contributed by atoms with E-state index in [1.54, 1.807) is 16.8 Å². The smallest absolute Gasteiger partial charge is 0.168 e. The minimum absolute atomic E-state index is 0. The molecule has 0 aliphatic rings. The third-order valence-corrected chi connectivity index (χ3v) is 1.34. The molecule has 6 heteroatoms. The number of aromatic nitrogens is 3. The Morgan fingerprint density at radius 2 is 2.31 bits per heavy atom. The van der Waals surface area contributed by atoms with Crippen molar-refractivity contribution in [2.75, 3.05) is 0 Å². The van der Waals surface area contributed by atoms with Crippen molar-refractivity contribution < 1.29 is 51.8 Å². The first-order valence-corrected chi connectivity index (χ1v) is 3.07. The van der Waals surface area contributed by atoms with Crippen molar-refractivity contribution in [3.63, 3.8) is 0 Å². The molecule has 2 rings (SSSR count). The summed E-state index contributed by atoms with van der Waals surface area (Å²) >= 11 is 0. The normalized spacial score (nSPS) is 8.62. The molecular weight excluding hydrogens is 474 g/mol. The molecule has 0 fully saturated rings. The topological polar surface area (TPSA) is 47.3 Å². The molecule has 64 valence electrons. The van der Waals surface area contributed by atoms with Crippen molar-refractivity contribution in [3.8, 4) is 0 Å². The predicted octanol–water partition coefficient (Wildman–Crippen LogP) is 0.339. The number of aldehydes is 1. The van der Waals surface area contributed by atoms with Gasteiger partial charge >= 0.3 is 0 Å². The van der Waals surface area contributed by atoms with Crippen LogP contribution in [0.4, 0.5) is 0 Å². The fourth-order valence-corrected chi connectivity index (χ4v) is 0.834. The molecule has 0 atom stereocenters. The average Bonchev–Trinajstić information content (AvgIpc) is 2.50. The second kappa shape index (κ2) is 5.50. The van der Waals surface area contributed by atoms with Crippen LogP contribution in [0.5, 0.6) is 0 Å². The van der Waals surface area contributed by atoms with Gasteiger partial charge in [-0.05, 0) is 11.7 Å². The Hall–Kier alpha value is -0.216. The maximum absolute atomic E-state index is 10.3. The summed E-state index contributed by atoms with van der Waals surface area (Å²) < 4.78 is 1.55. The van der Waals surface area contributed by atoms with Crippen LogP contribution in [0.2, 0.25) is 0 Å². The van der Waals surface area contributed by atoms with E-state index in [0.717, 1.165) is 0 Å². The van der Waals surface area contributed by atoms with Crippen LogP contribution in [-0.4, -0.2) is 20.9 Å². The van der Waals surface area contributed by atoms with Crippen molar-refractivity contribution in [2.24, 2.45) is 0 Å². The second-order valence-electron chi connectivity index (χ2n) is 2.03. The number of hydrogen-bond donors (Lipinski definition) is 0. The second-order valence-corrected chi connectivity index (χ2v) is 2.03. The van der Waals surface area contributed by atoms with Gasteiger partial charge in [0.2, 0.25) is 0 Å². The van der Waals surface area contributed by atoms with Gasteiger partial charge in [0.25, 0.3) is 0 Å². The predicted molar refractivity (Wildman–Crippen MR) is 37.2 cm³/mol. The van der Waals surface area contributed by atoms with Crippen LogP contribution in [-0.2, 0) is 32.7 Å². The number of fused-ring (bicyclic) bond motifs is 1. The van der Waals surface area contributed by atoms with E-state index in [0.29, 0.717) is 17.6 Å². The molecule has 0 unspecified atom stereocenters. The first kappa shape index (κ1) is 12.8. The van der Waals surface area contributed by atoms with Crippen molar-refractivity contribution in [3.05, 3.63) is 30.2 Å². The van der Waals surface area contributed by atoms with Crippen LogP contribution in [0.1, 0.15) is 10.5 Å². The minimum Gasteiger partial charge on any atom is -0.404 e. The molecule has 0 saturated carbocycles. The number of carbonyl (C=O) groups excluding carboxylic acids is 1. The van der Waals surface area contributed by atoms with Crippen LogP contribution in [0.3, 0.4) is 0 Å². The van der Waals surface area contributed by atoms with E-state index in [4.69, 9.17) is 0 Å². The molecule has 2 heterocycles. The van der Waals surface area contributed by atoms with Gasteiger partial charge in [-0.1, -0.05) is 0 Å². The summed E-state index contributed by atoms with van der Waals surface area (Å²) in [6.45, 7) is 0. The molecule has 4 nitrogen and oxygen atoms in total. The summed E-state index contributed by atoms with van der Waals surface area (Å²) in [4.78, 5) is 14.2. The summed E-state index contributed by atoms with van der Waals surface area (Å²) in [5, 5.41) is 3.88. The van der Waals surface area contributed by atoms with Crippen LogP contribution in [0, 0.1) is 20.3 Å². The third-order valence-electron chi connectivity index (χ3n) is 1.34. The zero-order valence-corrected chi connectivity index (χ0v) is 12.5. The summed E-state index contributed by atoms with van der Waals surface area (Å²) in [5.74, 6) is 0. The van der Waals surface area contributed by atoms with Crippen molar-refractivity contribution in [1.82, 2.24) is 14.6 Å². The summed E-state index contributed by atoms with van der Waals surface area (Å²) in [7, 11) is 0. The van der Waals surface area contributed by atoms with E-state index in [-0.39, 0.29) is 47.0 Å². The minimum atomic E-state index is 0. The molecule has 13 heavy (non-hydrogen) atoms. The van der Waals surface area contributed by atoms with Gasteiger partial charge in [-0.2, -0.15) is 0 Å². The molecule has 0 amide bonds. The van der Waals surface area contributed by atoms with Gasteiger partial charge < -0.3 is 6.07 Å².